The summed E-state index contributed by atoms with van der Waals surface area (Å²) in [7, 11) is 0. The number of aliphatic hydroxyl groups excluding tert-OH is 1. The number of fused-ring (bicyclic) bond motifs is 5. The Bertz CT molecular complexity index is 424. The van der Waals surface area contributed by atoms with Crippen molar-refractivity contribution in [3.8, 4) is 0 Å². The van der Waals surface area contributed by atoms with E-state index in [0.29, 0.717) is 16.2 Å². The molecule has 2 heteroatoms. The molecule has 0 saturated heterocycles. The molecule has 0 spiro atoms. The van der Waals surface area contributed by atoms with E-state index >= 15 is 0 Å². The van der Waals surface area contributed by atoms with Crippen LogP contribution >= 0.6 is 11.6 Å². The van der Waals surface area contributed by atoms with Crippen LogP contribution in [-0.2, 0) is 0 Å². The third-order valence-electron chi connectivity index (χ3n) is 8.35. The van der Waals surface area contributed by atoms with Crippen LogP contribution in [0.5, 0.6) is 0 Å². The van der Waals surface area contributed by atoms with Crippen LogP contribution in [0.2, 0.25) is 0 Å². The van der Waals surface area contributed by atoms with E-state index in [2.05, 4.69) is 13.8 Å². The summed E-state index contributed by atoms with van der Waals surface area (Å²) in [6.07, 6.45) is 11.4. The zero-order valence-electron chi connectivity index (χ0n) is 13.7. The average Bonchev–Trinajstić information content (AvgIpc) is 2.74. The van der Waals surface area contributed by atoms with Gasteiger partial charge in [0.15, 0.2) is 0 Å². The minimum Gasteiger partial charge on any atom is -0.393 e. The zero-order valence-corrected chi connectivity index (χ0v) is 14.4. The second-order valence-electron chi connectivity index (χ2n) is 9.31. The van der Waals surface area contributed by atoms with Gasteiger partial charge >= 0.3 is 0 Å². The SMILES string of the molecule is C[C@]12CCC3C(CCC4C[C@@H](O)CC[C@@]43C)C1C[C@@H](Cl)C2. The van der Waals surface area contributed by atoms with Crippen LogP contribution in [0, 0.1) is 34.5 Å². The van der Waals surface area contributed by atoms with Crippen LogP contribution in [0.4, 0.5) is 0 Å². The van der Waals surface area contributed by atoms with Gasteiger partial charge in [-0.15, -0.1) is 11.6 Å². The topological polar surface area (TPSA) is 20.2 Å². The van der Waals surface area contributed by atoms with Crippen LogP contribution in [0.15, 0.2) is 0 Å². The minimum atomic E-state index is -0.0211. The fraction of sp³-hybridized carbons (Fsp3) is 1.00. The highest BCUT2D eigenvalue weighted by Gasteiger charge is 2.58. The molecule has 4 rings (SSSR count). The maximum Gasteiger partial charge on any atom is 0.0543 e. The van der Waals surface area contributed by atoms with Crippen molar-refractivity contribution < 1.29 is 5.11 Å². The summed E-state index contributed by atoms with van der Waals surface area (Å²) in [6.45, 7) is 5.09. The normalized spacial score (nSPS) is 60.0. The third-order valence-corrected chi connectivity index (χ3v) is 8.69. The Kier molecular flexibility index (Phi) is 3.44. The van der Waals surface area contributed by atoms with Crippen LogP contribution in [0.25, 0.3) is 0 Å². The Labute approximate surface area is 134 Å². The zero-order chi connectivity index (χ0) is 14.8. The number of halogens is 1. The molecule has 0 heterocycles. The largest absolute Gasteiger partial charge is 0.393 e. The molecular weight excluding hydrogens is 280 g/mol. The van der Waals surface area contributed by atoms with Gasteiger partial charge in [-0.1, -0.05) is 13.8 Å². The molecule has 0 aromatic heterocycles. The number of hydrogen-bond donors (Lipinski definition) is 1. The summed E-state index contributed by atoms with van der Waals surface area (Å²) < 4.78 is 0. The molecule has 4 saturated carbocycles. The van der Waals surface area contributed by atoms with Gasteiger partial charge in [0.25, 0.3) is 0 Å². The molecule has 4 aliphatic rings. The highest BCUT2D eigenvalue weighted by Crippen LogP contribution is 2.66. The van der Waals surface area contributed by atoms with E-state index in [1.807, 2.05) is 0 Å². The second kappa shape index (κ2) is 4.87. The van der Waals surface area contributed by atoms with E-state index in [1.54, 1.807) is 0 Å². The minimum absolute atomic E-state index is 0.0211. The molecule has 1 nitrogen and oxygen atoms in total. The van der Waals surface area contributed by atoms with Crippen LogP contribution in [0.3, 0.4) is 0 Å². The molecule has 21 heavy (non-hydrogen) atoms. The third kappa shape index (κ3) is 2.13. The Balaban J connectivity index is 1.62. The lowest BCUT2D eigenvalue weighted by molar-refractivity contribution is -0.120. The predicted octanol–water partition coefficient (Wildman–Crippen LogP) is 5.00. The highest BCUT2D eigenvalue weighted by atomic mass is 35.5. The first-order valence-corrected chi connectivity index (χ1v) is 9.68. The van der Waals surface area contributed by atoms with Crippen molar-refractivity contribution in [1.29, 1.82) is 0 Å². The Morgan fingerprint density at radius 3 is 2.57 bits per heavy atom. The van der Waals surface area contributed by atoms with E-state index < -0.39 is 0 Å². The highest BCUT2D eigenvalue weighted by molar-refractivity contribution is 6.20. The van der Waals surface area contributed by atoms with Crippen LogP contribution < -0.4 is 0 Å². The van der Waals surface area contributed by atoms with Gasteiger partial charge in [-0.3, -0.25) is 0 Å². The van der Waals surface area contributed by atoms with E-state index in [9.17, 15) is 5.11 Å². The van der Waals surface area contributed by atoms with Gasteiger partial charge in [0, 0.05) is 5.38 Å². The summed E-state index contributed by atoms with van der Waals surface area (Å²) in [5, 5.41) is 10.5. The first-order chi connectivity index (χ1) is 9.92. The Hall–Kier alpha value is 0.250. The monoisotopic (exact) mass is 310 g/mol. The number of rotatable bonds is 0. The summed E-state index contributed by atoms with van der Waals surface area (Å²) in [6, 6.07) is 0. The predicted molar refractivity (Wildman–Crippen MR) is 87.4 cm³/mol. The maximum absolute atomic E-state index is 10.1. The molecule has 4 aliphatic carbocycles. The first kappa shape index (κ1) is 14.8. The van der Waals surface area contributed by atoms with Gasteiger partial charge < -0.3 is 5.11 Å². The lowest BCUT2D eigenvalue weighted by Crippen LogP contribution is -2.53. The average molecular weight is 311 g/mol. The van der Waals surface area contributed by atoms with Gasteiger partial charge in [0.05, 0.1) is 6.10 Å². The van der Waals surface area contributed by atoms with Gasteiger partial charge in [-0.05, 0) is 92.3 Å². The molecule has 1 N–H and O–H groups in total. The first-order valence-electron chi connectivity index (χ1n) is 9.24. The quantitative estimate of drug-likeness (QED) is 0.624. The molecule has 0 aromatic carbocycles. The standard InChI is InChI=1S/C19H31ClO/c1-18-7-6-16-15(17(18)10-13(20)11-18)4-3-12-9-14(21)5-8-19(12,16)2/h12-17,21H,3-11H2,1-2H3/t12?,13-,14+,15?,16?,17?,18-,19+/m1/s1. The van der Waals surface area contributed by atoms with Crippen molar-refractivity contribution in [1.82, 2.24) is 0 Å². The van der Waals surface area contributed by atoms with E-state index in [0.717, 1.165) is 36.5 Å². The van der Waals surface area contributed by atoms with Crippen molar-refractivity contribution in [3.63, 3.8) is 0 Å². The Morgan fingerprint density at radius 2 is 1.76 bits per heavy atom. The molecule has 8 atom stereocenters. The fourth-order valence-corrected chi connectivity index (χ4v) is 7.75. The molecule has 4 fully saturated rings. The molecule has 0 radical (unpaired) electrons. The molecule has 120 valence electrons. The van der Waals surface area contributed by atoms with E-state index in [-0.39, 0.29) is 6.10 Å². The molecule has 0 bridgehead atoms. The van der Waals surface area contributed by atoms with Gasteiger partial charge in [-0.25, -0.2) is 0 Å². The van der Waals surface area contributed by atoms with Gasteiger partial charge in [0.2, 0.25) is 0 Å². The van der Waals surface area contributed by atoms with Crippen molar-refractivity contribution >= 4 is 11.6 Å². The molecule has 0 amide bonds. The number of aliphatic hydroxyl groups is 1. The lowest BCUT2D eigenvalue weighted by atomic mass is 9.45. The summed E-state index contributed by atoms with van der Waals surface area (Å²) in [5.74, 6) is 3.48. The van der Waals surface area contributed by atoms with Crippen LogP contribution in [-0.4, -0.2) is 16.6 Å². The van der Waals surface area contributed by atoms with E-state index in [1.165, 1.54) is 44.9 Å². The fourth-order valence-electron chi connectivity index (χ4n) is 7.21. The molecular formula is C19H31ClO. The molecule has 0 aromatic rings. The summed E-state index contributed by atoms with van der Waals surface area (Å²) in [4.78, 5) is 0. The van der Waals surface area contributed by atoms with Crippen molar-refractivity contribution in [2.24, 2.45) is 34.5 Å². The second-order valence-corrected chi connectivity index (χ2v) is 9.93. The summed E-state index contributed by atoms with van der Waals surface area (Å²) >= 11 is 6.57. The number of hydrogen-bond acceptors (Lipinski definition) is 1. The Morgan fingerprint density at radius 1 is 0.952 bits per heavy atom. The van der Waals surface area contributed by atoms with Crippen LogP contribution in [0.1, 0.15) is 71.6 Å². The smallest absolute Gasteiger partial charge is 0.0543 e. The maximum atomic E-state index is 10.1. The van der Waals surface area contributed by atoms with Crippen molar-refractivity contribution in [2.45, 2.75) is 83.1 Å². The molecule has 0 aliphatic heterocycles. The van der Waals surface area contributed by atoms with Crippen molar-refractivity contribution in [3.05, 3.63) is 0 Å². The number of alkyl halides is 1. The molecule has 4 unspecified atom stereocenters. The van der Waals surface area contributed by atoms with Crippen molar-refractivity contribution in [2.75, 3.05) is 0 Å². The van der Waals surface area contributed by atoms with Gasteiger partial charge in [0.1, 0.15) is 0 Å². The van der Waals surface area contributed by atoms with Gasteiger partial charge in [-0.2, -0.15) is 0 Å². The summed E-state index contributed by atoms with van der Waals surface area (Å²) in [5.41, 5.74) is 1.04. The van der Waals surface area contributed by atoms with E-state index in [4.69, 9.17) is 11.6 Å². The lowest BCUT2D eigenvalue weighted by Gasteiger charge is -2.60.